The Bertz CT molecular complexity index is 1340. The van der Waals surface area contributed by atoms with E-state index in [1.54, 1.807) is 16.5 Å². The Morgan fingerprint density at radius 3 is 2.07 bits per heavy atom. The summed E-state index contributed by atoms with van der Waals surface area (Å²) < 4.78 is 0. The van der Waals surface area contributed by atoms with Crippen LogP contribution in [-0.2, 0) is 0 Å². The largest absolute Gasteiger partial charge is 0.0616 e. The monoisotopic (exact) mass is 372 g/mol. The predicted molar refractivity (Wildman–Crippen MR) is 121 cm³/mol. The van der Waals surface area contributed by atoms with Crippen molar-refractivity contribution in [2.75, 3.05) is 0 Å². The maximum Gasteiger partial charge on any atom is -0.00199 e. The molecule has 0 saturated heterocycles. The van der Waals surface area contributed by atoms with Crippen LogP contribution >= 0.6 is 0 Å². The van der Waals surface area contributed by atoms with Gasteiger partial charge in [0.1, 0.15) is 0 Å². The van der Waals surface area contributed by atoms with Crippen molar-refractivity contribution in [3.63, 3.8) is 0 Å². The Morgan fingerprint density at radius 2 is 1.24 bits per heavy atom. The van der Waals surface area contributed by atoms with Crippen molar-refractivity contribution in [2.24, 2.45) is 11.8 Å². The molecule has 4 aromatic rings. The van der Waals surface area contributed by atoms with Crippen LogP contribution < -0.4 is 0 Å². The van der Waals surface area contributed by atoms with Gasteiger partial charge in [-0.2, -0.15) is 0 Å². The fourth-order valence-corrected chi connectivity index (χ4v) is 7.87. The van der Waals surface area contributed by atoms with E-state index in [-0.39, 0.29) is 0 Å². The first-order valence-corrected chi connectivity index (χ1v) is 11.5. The summed E-state index contributed by atoms with van der Waals surface area (Å²) in [5.74, 6) is 3.55. The Balaban J connectivity index is 1.53. The zero-order valence-corrected chi connectivity index (χ0v) is 16.6. The molecule has 0 nitrogen and oxygen atoms in total. The summed E-state index contributed by atoms with van der Waals surface area (Å²) in [6, 6.07) is 23.5. The maximum absolute atomic E-state index is 2.58. The molecule has 29 heavy (non-hydrogen) atoms. The maximum atomic E-state index is 2.58. The third-order valence-electron chi connectivity index (χ3n) is 8.73. The molecule has 2 fully saturated rings. The molecule has 2 unspecified atom stereocenters. The predicted octanol–water partition coefficient (Wildman–Crippen LogP) is 8.03. The minimum Gasteiger partial charge on any atom is -0.0616 e. The molecule has 0 heterocycles. The first-order chi connectivity index (χ1) is 14.3. The van der Waals surface area contributed by atoms with Gasteiger partial charge in [0.25, 0.3) is 0 Å². The van der Waals surface area contributed by atoms with E-state index in [2.05, 4.69) is 60.7 Å². The van der Waals surface area contributed by atoms with Crippen LogP contribution in [0.5, 0.6) is 0 Å². The molecule has 0 heteroatoms. The van der Waals surface area contributed by atoms with Gasteiger partial charge in [-0.3, -0.25) is 0 Å². The van der Waals surface area contributed by atoms with Gasteiger partial charge in [-0.05, 0) is 117 Å². The molecule has 0 N–H and O–H groups in total. The Hall–Kier alpha value is -2.60. The van der Waals surface area contributed by atoms with Gasteiger partial charge in [-0.1, -0.05) is 54.6 Å². The second-order valence-electron chi connectivity index (χ2n) is 10.2. The van der Waals surface area contributed by atoms with Crippen LogP contribution in [-0.4, -0.2) is 0 Å². The SMILES string of the molecule is c1ccc2c(c1)-c1cccc3c1c-2cc1c2c(ccc13)C1CC3CC(C1)CC2C3. The van der Waals surface area contributed by atoms with Gasteiger partial charge in [-0.15, -0.1) is 0 Å². The summed E-state index contributed by atoms with van der Waals surface area (Å²) in [5, 5.41) is 5.98. The van der Waals surface area contributed by atoms with Gasteiger partial charge in [0.2, 0.25) is 0 Å². The van der Waals surface area contributed by atoms with Gasteiger partial charge in [-0.25, -0.2) is 0 Å². The Morgan fingerprint density at radius 1 is 0.517 bits per heavy atom. The van der Waals surface area contributed by atoms with Crippen LogP contribution in [0.4, 0.5) is 0 Å². The van der Waals surface area contributed by atoms with Crippen LogP contribution in [0.15, 0.2) is 60.7 Å². The summed E-state index contributed by atoms with van der Waals surface area (Å²) in [5.41, 5.74) is 9.18. The van der Waals surface area contributed by atoms with Gasteiger partial charge < -0.3 is 0 Å². The second-order valence-corrected chi connectivity index (χ2v) is 10.2. The van der Waals surface area contributed by atoms with Crippen LogP contribution in [0.2, 0.25) is 0 Å². The van der Waals surface area contributed by atoms with Crippen LogP contribution in [0.3, 0.4) is 0 Å². The second kappa shape index (κ2) is 5.11. The first-order valence-electron chi connectivity index (χ1n) is 11.5. The van der Waals surface area contributed by atoms with E-state index in [9.17, 15) is 0 Å². The van der Waals surface area contributed by atoms with E-state index >= 15 is 0 Å². The highest BCUT2D eigenvalue weighted by Gasteiger charge is 2.42. The molecule has 5 aliphatic rings. The van der Waals surface area contributed by atoms with E-state index in [1.807, 2.05) is 0 Å². The molecular formula is C29H24. The third kappa shape index (κ3) is 1.82. The molecule has 0 radical (unpaired) electrons. The van der Waals surface area contributed by atoms with Crippen molar-refractivity contribution in [3.8, 4) is 22.3 Å². The minimum absolute atomic E-state index is 0.787. The molecule has 0 spiro atoms. The summed E-state index contributed by atoms with van der Waals surface area (Å²) in [6.45, 7) is 0. The third-order valence-corrected chi connectivity index (χ3v) is 8.73. The zero-order valence-electron chi connectivity index (χ0n) is 16.6. The van der Waals surface area contributed by atoms with Gasteiger partial charge in [0.05, 0.1) is 0 Å². The molecule has 2 saturated carbocycles. The number of benzene rings is 4. The van der Waals surface area contributed by atoms with Gasteiger partial charge in [0.15, 0.2) is 0 Å². The Kier molecular flexibility index (Phi) is 2.69. The summed E-state index contributed by atoms with van der Waals surface area (Å²) in [4.78, 5) is 0. The number of hydrogen-bond acceptors (Lipinski definition) is 0. The molecule has 0 aliphatic heterocycles. The quantitative estimate of drug-likeness (QED) is 0.241. The Labute approximate surface area is 171 Å². The molecule has 2 atom stereocenters. The number of rotatable bonds is 0. The fraction of sp³-hybridized carbons (Fsp3) is 0.310. The van der Waals surface area contributed by atoms with Crippen molar-refractivity contribution in [2.45, 2.75) is 43.9 Å². The van der Waals surface area contributed by atoms with Gasteiger partial charge >= 0.3 is 0 Å². The first kappa shape index (κ1) is 15.3. The highest BCUT2D eigenvalue weighted by molar-refractivity contribution is 6.23. The van der Waals surface area contributed by atoms with Crippen molar-refractivity contribution < 1.29 is 0 Å². The van der Waals surface area contributed by atoms with E-state index < -0.39 is 0 Å². The highest BCUT2D eigenvalue weighted by Crippen LogP contribution is 2.58. The molecular weight excluding hydrogens is 348 g/mol. The summed E-state index contributed by atoms with van der Waals surface area (Å²) in [6.07, 6.45) is 7.26. The van der Waals surface area contributed by atoms with Crippen molar-refractivity contribution in [1.29, 1.82) is 0 Å². The van der Waals surface area contributed by atoms with E-state index in [1.165, 1.54) is 70.5 Å². The topological polar surface area (TPSA) is 0 Å². The minimum atomic E-state index is 0.787. The van der Waals surface area contributed by atoms with Crippen LogP contribution in [0.1, 0.15) is 55.1 Å². The highest BCUT2D eigenvalue weighted by atomic mass is 14.5. The lowest BCUT2D eigenvalue weighted by Crippen LogP contribution is -2.25. The smallest absolute Gasteiger partial charge is 0.00199 e. The molecule has 140 valence electrons. The van der Waals surface area contributed by atoms with Gasteiger partial charge in [0, 0.05) is 0 Å². The van der Waals surface area contributed by atoms with Crippen molar-refractivity contribution >= 4 is 21.5 Å². The average molecular weight is 373 g/mol. The molecule has 0 amide bonds. The molecule has 4 bridgehead atoms. The molecule has 9 rings (SSSR count). The lowest BCUT2D eigenvalue weighted by molar-refractivity contribution is 0.166. The van der Waals surface area contributed by atoms with Crippen LogP contribution in [0.25, 0.3) is 43.8 Å². The summed E-state index contributed by atoms with van der Waals surface area (Å²) in [7, 11) is 0. The van der Waals surface area contributed by atoms with Crippen LogP contribution in [0, 0.1) is 11.8 Å². The van der Waals surface area contributed by atoms with E-state index in [0.29, 0.717) is 0 Å². The lowest BCUT2D eigenvalue weighted by atomic mass is 9.67. The zero-order chi connectivity index (χ0) is 18.7. The molecule has 0 aromatic heterocycles. The lowest BCUT2D eigenvalue weighted by Gasteiger charge is -2.38. The molecule has 5 aliphatic carbocycles. The molecule has 4 aromatic carbocycles. The van der Waals surface area contributed by atoms with Crippen molar-refractivity contribution in [3.05, 3.63) is 71.8 Å². The number of fused-ring (bicyclic) bond motifs is 5. The number of hydrogen-bond donors (Lipinski definition) is 0. The normalized spacial score (nSPS) is 28.0. The summed E-state index contributed by atoms with van der Waals surface area (Å²) >= 11 is 0. The van der Waals surface area contributed by atoms with Crippen molar-refractivity contribution in [1.82, 2.24) is 0 Å². The fourth-order valence-electron chi connectivity index (χ4n) is 7.87. The van der Waals surface area contributed by atoms with E-state index in [0.717, 1.165) is 23.7 Å². The van der Waals surface area contributed by atoms with E-state index in [4.69, 9.17) is 0 Å². The standard InChI is InChI=1S/C29H24/c1-2-5-22-21(4-1)24-6-3-7-25-23-9-8-20-18-11-16-10-17(12-18)14-19(13-16)28(20)26(23)15-27(22)29(24)25/h1-9,15-19H,10-14H2. The average Bonchev–Trinajstić information content (AvgIpc) is 2.96.